The second kappa shape index (κ2) is 2.74. The zero-order valence-electron chi connectivity index (χ0n) is 5.39. The zero-order valence-corrected chi connectivity index (χ0v) is 6.28. The van der Waals surface area contributed by atoms with Crippen molar-refractivity contribution in [1.29, 1.82) is 0 Å². The first-order chi connectivity index (χ1) is 4.27. The molecule has 1 aliphatic heterocycles. The lowest BCUT2D eigenvalue weighted by Crippen LogP contribution is -2.43. The summed E-state index contributed by atoms with van der Waals surface area (Å²) in [6.07, 6.45) is 0. The molecule has 1 atom stereocenters. The summed E-state index contributed by atoms with van der Waals surface area (Å²) in [7, 11) is 0.0693. The highest BCUT2D eigenvalue weighted by molar-refractivity contribution is 7.25. The Morgan fingerprint density at radius 2 is 2.56 bits per heavy atom. The fourth-order valence-corrected chi connectivity index (χ4v) is 1.09. The van der Waals surface area contributed by atoms with E-state index in [1.54, 1.807) is 0 Å². The van der Waals surface area contributed by atoms with E-state index in [0.29, 0.717) is 13.2 Å². The van der Waals surface area contributed by atoms with E-state index in [9.17, 15) is 4.57 Å². The van der Waals surface area contributed by atoms with Gasteiger partial charge in [0.1, 0.15) is 0 Å². The van der Waals surface area contributed by atoms with Crippen LogP contribution in [0.4, 0.5) is 0 Å². The smallest absolute Gasteiger partial charge is 0.191 e. The van der Waals surface area contributed by atoms with Crippen LogP contribution in [-0.2, 0) is 9.30 Å². The highest BCUT2D eigenvalue weighted by Gasteiger charge is 2.27. The van der Waals surface area contributed by atoms with Gasteiger partial charge in [0.05, 0.1) is 6.61 Å². The number of hydrogen-bond donors (Lipinski definition) is 1. The Labute approximate surface area is 56.0 Å². The van der Waals surface area contributed by atoms with Gasteiger partial charge < -0.3 is 10.1 Å². The van der Waals surface area contributed by atoms with Crippen molar-refractivity contribution in [1.82, 2.24) is 5.32 Å². The Bertz CT molecular complexity index is 112. The first-order valence-corrected chi connectivity index (χ1v) is 3.77. The lowest BCUT2D eigenvalue weighted by atomic mass is 10.3. The van der Waals surface area contributed by atoms with E-state index in [4.69, 9.17) is 4.74 Å². The second-order valence-corrected chi connectivity index (χ2v) is 3.42. The van der Waals surface area contributed by atoms with E-state index in [1.165, 1.54) is 0 Å². The van der Waals surface area contributed by atoms with Gasteiger partial charge in [-0.1, -0.05) is 0 Å². The van der Waals surface area contributed by atoms with Crippen molar-refractivity contribution in [3.8, 4) is 0 Å². The van der Waals surface area contributed by atoms with Gasteiger partial charge in [0.25, 0.3) is 0 Å². The number of ether oxygens (including phenoxy) is 1. The largest absolute Gasteiger partial charge is 0.360 e. The molecule has 4 heteroatoms. The fraction of sp³-hybridized carbons (Fsp3) is 1.00. The van der Waals surface area contributed by atoms with Crippen molar-refractivity contribution in [2.24, 2.45) is 0 Å². The molecular formula is C5H10NO2P. The molecule has 0 saturated carbocycles. The molecule has 0 aromatic heterocycles. The molecule has 0 aliphatic carbocycles. The van der Waals surface area contributed by atoms with Crippen LogP contribution < -0.4 is 5.32 Å². The predicted octanol–water partition coefficient (Wildman–Crippen LogP) is 0.614. The van der Waals surface area contributed by atoms with E-state index >= 15 is 0 Å². The van der Waals surface area contributed by atoms with E-state index < -0.39 is 5.34 Å². The standard InChI is InChI=1S/C5H10NO2P/c1-5(9-7)4-6-2-3-8-5/h6H,2-4H2,1H3. The molecule has 0 bridgehead atoms. The minimum atomic E-state index is -0.474. The molecule has 0 radical (unpaired) electrons. The molecule has 9 heavy (non-hydrogen) atoms. The first kappa shape index (κ1) is 7.13. The Morgan fingerprint density at radius 3 is 2.89 bits per heavy atom. The Balaban J connectivity index is 2.46. The second-order valence-electron chi connectivity index (χ2n) is 2.29. The van der Waals surface area contributed by atoms with Crippen LogP contribution in [0, 0.1) is 0 Å². The van der Waals surface area contributed by atoms with Crippen molar-refractivity contribution in [3.05, 3.63) is 0 Å². The maximum Gasteiger partial charge on any atom is 0.191 e. The maximum absolute atomic E-state index is 10.4. The fourth-order valence-electron chi connectivity index (χ4n) is 0.773. The van der Waals surface area contributed by atoms with Gasteiger partial charge in [-0.25, -0.2) is 0 Å². The summed E-state index contributed by atoms with van der Waals surface area (Å²) < 4.78 is 15.6. The van der Waals surface area contributed by atoms with Crippen LogP contribution in [0.15, 0.2) is 0 Å². The minimum Gasteiger partial charge on any atom is -0.360 e. The quantitative estimate of drug-likeness (QED) is 0.552. The molecule has 1 rings (SSSR count). The average molecular weight is 147 g/mol. The molecule has 3 nitrogen and oxygen atoms in total. The molecule has 1 unspecified atom stereocenters. The summed E-state index contributed by atoms with van der Waals surface area (Å²) >= 11 is 0. The van der Waals surface area contributed by atoms with Gasteiger partial charge >= 0.3 is 0 Å². The minimum absolute atomic E-state index is 0.0693. The molecule has 1 saturated heterocycles. The van der Waals surface area contributed by atoms with E-state index in [2.05, 4.69) is 5.32 Å². The van der Waals surface area contributed by atoms with Crippen LogP contribution >= 0.6 is 8.46 Å². The predicted molar refractivity (Wildman–Crippen MR) is 34.8 cm³/mol. The zero-order chi connectivity index (χ0) is 6.74. The molecule has 52 valence electrons. The molecule has 1 fully saturated rings. The van der Waals surface area contributed by atoms with Gasteiger partial charge in [0, 0.05) is 13.1 Å². The van der Waals surface area contributed by atoms with E-state index in [1.807, 2.05) is 6.92 Å². The Hall–Kier alpha value is 0.0200. The third-order valence-corrected chi connectivity index (χ3v) is 2.01. The van der Waals surface area contributed by atoms with Crippen LogP contribution in [0.25, 0.3) is 0 Å². The SMILES string of the molecule is CC1(P=O)CNCCO1. The van der Waals surface area contributed by atoms with Gasteiger partial charge in [-0.2, -0.15) is 0 Å². The summed E-state index contributed by atoms with van der Waals surface area (Å²) in [5, 5.41) is 2.62. The van der Waals surface area contributed by atoms with Gasteiger partial charge in [-0.05, 0) is 6.92 Å². The number of morpholine rings is 1. The highest BCUT2D eigenvalue weighted by atomic mass is 31.1. The average Bonchev–Trinajstić information content (AvgIpc) is 1.90. The molecule has 0 spiro atoms. The molecular weight excluding hydrogens is 137 g/mol. The van der Waals surface area contributed by atoms with Crippen LogP contribution in [-0.4, -0.2) is 25.0 Å². The molecule has 0 amide bonds. The van der Waals surface area contributed by atoms with Crippen molar-refractivity contribution in [3.63, 3.8) is 0 Å². The summed E-state index contributed by atoms with van der Waals surface area (Å²) in [5.74, 6) is 0. The van der Waals surface area contributed by atoms with E-state index in [-0.39, 0.29) is 8.46 Å². The van der Waals surface area contributed by atoms with Crippen LogP contribution in [0.2, 0.25) is 0 Å². The van der Waals surface area contributed by atoms with Crippen LogP contribution in [0.5, 0.6) is 0 Å². The molecule has 1 aliphatic rings. The monoisotopic (exact) mass is 147 g/mol. The van der Waals surface area contributed by atoms with E-state index in [0.717, 1.165) is 6.54 Å². The van der Waals surface area contributed by atoms with Gasteiger partial charge in [0.15, 0.2) is 13.8 Å². The Morgan fingerprint density at radius 1 is 1.78 bits per heavy atom. The normalized spacial score (nSPS) is 37.0. The summed E-state index contributed by atoms with van der Waals surface area (Å²) in [6.45, 7) is 4.03. The third kappa shape index (κ3) is 1.71. The van der Waals surface area contributed by atoms with Crippen molar-refractivity contribution in [2.75, 3.05) is 19.7 Å². The molecule has 0 aromatic rings. The number of hydrogen-bond acceptors (Lipinski definition) is 3. The Kier molecular flexibility index (Phi) is 2.17. The summed E-state index contributed by atoms with van der Waals surface area (Å²) in [6, 6.07) is 0. The van der Waals surface area contributed by atoms with Crippen LogP contribution in [0.1, 0.15) is 6.92 Å². The first-order valence-electron chi connectivity index (χ1n) is 2.96. The maximum atomic E-state index is 10.4. The van der Waals surface area contributed by atoms with Crippen molar-refractivity contribution >= 4 is 8.46 Å². The van der Waals surface area contributed by atoms with Gasteiger partial charge in [0.2, 0.25) is 0 Å². The lowest BCUT2D eigenvalue weighted by molar-refractivity contribution is 0.0107. The number of rotatable bonds is 1. The molecule has 1 N–H and O–H groups in total. The molecule has 0 aromatic carbocycles. The van der Waals surface area contributed by atoms with Crippen molar-refractivity contribution in [2.45, 2.75) is 12.3 Å². The van der Waals surface area contributed by atoms with Gasteiger partial charge in [-0.3, -0.25) is 4.57 Å². The molecule has 1 heterocycles. The highest BCUT2D eigenvalue weighted by Crippen LogP contribution is 2.24. The topological polar surface area (TPSA) is 38.3 Å². The van der Waals surface area contributed by atoms with Crippen LogP contribution in [0.3, 0.4) is 0 Å². The lowest BCUT2D eigenvalue weighted by Gasteiger charge is -2.27. The van der Waals surface area contributed by atoms with Crippen molar-refractivity contribution < 1.29 is 9.30 Å². The number of nitrogens with one attached hydrogen (secondary N) is 1. The summed E-state index contributed by atoms with van der Waals surface area (Å²) in [4.78, 5) is 0. The summed E-state index contributed by atoms with van der Waals surface area (Å²) in [5.41, 5.74) is 0. The third-order valence-electron chi connectivity index (χ3n) is 1.34. The van der Waals surface area contributed by atoms with Gasteiger partial charge in [-0.15, -0.1) is 0 Å².